The van der Waals surface area contributed by atoms with E-state index in [1.54, 1.807) is 12.1 Å². The van der Waals surface area contributed by atoms with Gasteiger partial charge in [-0.2, -0.15) is 4.98 Å². The van der Waals surface area contributed by atoms with Crippen molar-refractivity contribution in [2.24, 2.45) is 0 Å². The third kappa shape index (κ3) is 3.10. The third-order valence-corrected chi connectivity index (χ3v) is 4.78. The average molecular weight is 389 g/mol. The first-order chi connectivity index (χ1) is 8.51. The molecule has 0 amide bonds. The molecule has 0 bridgehead atoms. The second-order valence-corrected chi connectivity index (χ2v) is 6.22. The van der Waals surface area contributed by atoms with Crippen LogP contribution < -0.4 is 4.74 Å². The van der Waals surface area contributed by atoms with Gasteiger partial charge in [0.05, 0.1) is 21.5 Å². The van der Waals surface area contributed by atoms with Gasteiger partial charge >= 0.3 is 0 Å². The predicted octanol–water partition coefficient (Wildman–Crippen LogP) is 5.15. The molecule has 2 aromatic rings. The first kappa shape index (κ1) is 14.4. The topological polar surface area (TPSA) is 42.4 Å². The molecule has 0 radical (unpaired) electrons. The highest BCUT2D eigenvalue weighted by molar-refractivity contribution is 9.10. The summed E-state index contributed by atoms with van der Waals surface area (Å²) in [5.74, 6) is 0.375. The highest BCUT2D eigenvalue weighted by atomic mass is 79.9. The SMILES string of the molecule is OCc1sc(Oc2cc(Cl)c(Br)cc2Cl)nc1Cl. The van der Waals surface area contributed by atoms with E-state index in [1.807, 2.05) is 0 Å². The quantitative estimate of drug-likeness (QED) is 0.738. The number of rotatable bonds is 3. The summed E-state index contributed by atoms with van der Waals surface area (Å²) in [6.07, 6.45) is 0. The molecule has 1 aromatic heterocycles. The van der Waals surface area contributed by atoms with Gasteiger partial charge in [0.25, 0.3) is 5.19 Å². The lowest BCUT2D eigenvalue weighted by atomic mass is 10.3. The van der Waals surface area contributed by atoms with Crippen LogP contribution >= 0.6 is 62.1 Å². The molecule has 0 aliphatic heterocycles. The largest absolute Gasteiger partial charge is 0.429 e. The standard InChI is InChI=1S/C10H5BrCl3NO2S/c11-4-1-6(13)7(2-5(4)12)17-10-15-9(14)8(3-16)18-10/h1-2,16H,3H2. The lowest BCUT2D eigenvalue weighted by molar-refractivity contribution is 0.285. The maximum Gasteiger partial charge on any atom is 0.280 e. The van der Waals surface area contributed by atoms with Crippen molar-refractivity contribution in [3.05, 3.63) is 36.7 Å². The van der Waals surface area contributed by atoms with Crippen LogP contribution in [0.4, 0.5) is 0 Å². The fourth-order valence-electron chi connectivity index (χ4n) is 1.13. The van der Waals surface area contributed by atoms with Crippen molar-refractivity contribution in [2.45, 2.75) is 6.61 Å². The van der Waals surface area contributed by atoms with Crippen LogP contribution in [0.25, 0.3) is 0 Å². The molecule has 0 unspecified atom stereocenters. The van der Waals surface area contributed by atoms with Crippen LogP contribution in [-0.4, -0.2) is 10.1 Å². The van der Waals surface area contributed by atoms with Gasteiger partial charge in [-0.15, -0.1) is 0 Å². The number of aliphatic hydroxyl groups is 1. The normalized spacial score (nSPS) is 10.7. The molecule has 0 saturated heterocycles. The zero-order valence-corrected chi connectivity index (χ0v) is 13.3. The third-order valence-electron chi connectivity index (χ3n) is 1.95. The zero-order chi connectivity index (χ0) is 13.3. The molecule has 1 heterocycles. The number of benzene rings is 1. The summed E-state index contributed by atoms with van der Waals surface area (Å²) in [6, 6.07) is 3.20. The molecule has 0 fully saturated rings. The molecule has 2 rings (SSSR count). The van der Waals surface area contributed by atoms with Gasteiger partial charge in [0.1, 0.15) is 5.15 Å². The van der Waals surface area contributed by atoms with Crippen molar-refractivity contribution in [1.82, 2.24) is 4.98 Å². The number of hydrogen-bond acceptors (Lipinski definition) is 4. The van der Waals surface area contributed by atoms with E-state index < -0.39 is 0 Å². The summed E-state index contributed by atoms with van der Waals surface area (Å²) in [6.45, 7) is -0.186. The van der Waals surface area contributed by atoms with Crippen molar-refractivity contribution in [3.8, 4) is 10.9 Å². The molecule has 0 saturated carbocycles. The minimum atomic E-state index is -0.186. The summed E-state index contributed by atoms with van der Waals surface area (Å²) in [5, 5.41) is 10.4. The number of nitrogens with zero attached hydrogens (tertiary/aromatic N) is 1. The van der Waals surface area contributed by atoms with Crippen LogP contribution in [-0.2, 0) is 6.61 Å². The Morgan fingerprint density at radius 3 is 2.61 bits per heavy atom. The Bertz CT molecular complexity index is 591. The highest BCUT2D eigenvalue weighted by Gasteiger charge is 2.13. The van der Waals surface area contributed by atoms with E-state index in [2.05, 4.69) is 20.9 Å². The van der Waals surface area contributed by atoms with Crippen LogP contribution in [0.3, 0.4) is 0 Å². The Morgan fingerprint density at radius 2 is 2.00 bits per heavy atom. The van der Waals surface area contributed by atoms with Crippen LogP contribution in [0, 0.1) is 0 Å². The summed E-state index contributed by atoms with van der Waals surface area (Å²) < 4.78 is 6.16. The van der Waals surface area contributed by atoms with Gasteiger partial charge in [0, 0.05) is 10.5 Å². The molecule has 96 valence electrons. The van der Waals surface area contributed by atoms with Gasteiger partial charge in [0.15, 0.2) is 5.75 Å². The van der Waals surface area contributed by atoms with Gasteiger partial charge < -0.3 is 9.84 Å². The molecule has 3 nitrogen and oxygen atoms in total. The minimum Gasteiger partial charge on any atom is -0.429 e. The number of aromatic nitrogens is 1. The first-order valence-electron chi connectivity index (χ1n) is 4.59. The van der Waals surface area contributed by atoms with E-state index in [9.17, 15) is 0 Å². The number of halogens is 4. The van der Waals surface area contributed by atoms with Crippen LogP contribution in [0.1, 0.15) is 4.88 Å². The highest BCUT2D eigenvalue weighted by Crippen LogP contribution is 2.38. The van der Waals surface area contributed by atoms with E-state index in [1.165, 1.54) is 0 Å². The summed E-state index contributed by atoms with van der Waals surface area (Å²) in [4.78, 5) is 4.49. The van der Waals surface area contributed by atoms with E-state index in [0.717, 1.165) is 11.3 Å². The molecule has 0 spiro atoms. The molecule has 1 N–H and O–H groups in total. The monoisotopic (exact) mass is 387 g/mol. The zero-order valence-electron chi connectivity index (χ0n) is 8.58. The number of ether oxygens (including phenoxy) is 1. The van der Waals surface area contributed by atoms with Gasteiger partial charge in [-0.25, -0.2) is 0 Å². The number of aliphatic hydroxyl groups excluding tert-OH is 1. The molecule has 8 heteroatoms. The van der Waals surface area contributed by atoms with Crippen molar-refractivity contribution in [3.63, 3.8) is 0 Å². The Morgan fingerprint density at radius 1 is 1.28 bits per heavy atom. The minimum absolute atomic E-state index is 0.186. The molecule has 1 aromatic carbocycles. The molecule has 0 atom stereocenters. The van der Waals surface area contributed by atoms with Crippen molar-refractivity contribution in [1.29, 1.82) is 0 Å². The van der Waals surface area contributed by atoms with Crippen LogP contribution in [0.2, 0.25) is 15.2 Å². The second-order valence-electron chi connectivity index (χ2n) is 3.15. The van der Waals surface area contributed by atoms with E-state index in [0.29, 0.717) is 30.3 Å². The Labute approximate surface area is 130 Å². The van der Waals surface area contributed by atoms with Gasteiger partial charge in [0.2, 0.25) is 0 Å². The first-order valence-corrected chi connectivity index (χ1v) is 7.34. The summed E-state index contributed by atoms with van der Waals surface area (Å²) in [5.41, 5.74) is 0. The lowest BCUT2D eigenvalue weighted by Gasteiger charge is -2.05. The Kier molecular flexibility index (Phi) is 4.75. The molecule has 0 aliphatic rings. The van der Waals surface area contributed by atoms with Gasteiger partial charge in [-0.3, -0.25) is 0 Å². The number of thiazole rings is 1. The van der Waals surface area contributed by atoms with E-state index in [-0.39, 0.29) is 11.8 Å². The van der Waals surface area contributed by atoms with Crippen LogP contribution in [0.15, 0.2) is 16.6 Å². The fraction of sp³-hybridized carbons (Fsp3) is 0.100. The van der Waals surface area contributed by atoms with Crippen molar-refractivity contribution in [2.75, 3.05) is 0 Å². The van der Waals surface area contributed by atoms with Crippen molar-refractivity contribution < 1.29 is 9.84 Å². The van der Waals surface area contributed by atoms with Gasteiger partial charge in [-0.05, 0) is 22.0 Å². The van der Waals surface area contributed by atoms with E-state index in [4.69, 9.17) is 44.6 Å². The molecular formula is C10H5BrCl3NO2S. The van der Waals surface area contributed by atoms with E-state index >= 15 is 0 Å². The average Bonchev–Trinajstić information content (AvgIpc) is 2.66. The summed E-state index contributed by atoms with van der Waals surface area (Å²) in [7, 11) is 0. The Balaban J connectivity index is 2.30. The summed E-state index contributed by atoms with van der Waals surface area (Å²) >= 11 is 22.2. The lowest BCUT2D eigenvalue weighted by Crippen LogP contribution is -1.85. The molecular weight excluding hydrogens is 384 g/mol. The smallest absolute Gasteiger partial charge is 0.280 e. The van der Waals surface area contributed by atoms with Gasteiger partial charge in [-0.1, -0.05) is 46.1 Å². The second kappa shape index (κ2) is 5.94. The fourth-order valence-corrected chi connectivity index (χ4v) is 2.94. The van der Waals surface area contributed by atoms with Crippen LogP contribution in [0.5, 0.6) is 10.9 Å². The predicted molar refractivity (Wildman–Crippen MR) is 77.3 cm³/mol. The molecule has 0 aliphatic carbocycles. The maximum atomic E-state index is 9.01. The Hall–Kier alpha value is -0.0400. The molecule has 18 heavy (non-hydrogen) atoms. The number of hydrogen-bond donors (Lipinski definition) is 1. The maximum absolute atomic E-state index is 9.01. The van der Waals surface area contributed by atoms with Crippen molar-refractivity contribution >= 4 is 62.1 Å².